The van der Waals surface area contributed by atoms with Gasteiger partial charge in [-0.3, -0.25) is 4.79 Å². The summed E-state index contributed by atoms with van der Waals surface area (Å²) in [4.78, 5) is 17.4. The van der Waals surface area contributed by atoms with E-state index in [1.165, 1.54) is 0 Å². The highest BCUT2D eigenvalue weighted by Gasteiger charge is 2.20. The first-order valence-corrected chi connectivity index (χ1v) is 10.4. The van der Waals surface area contributed by atoms with Crippen LogP contribution in [0, 0.1) is 13.8 Å². The summed E-state index contributed by atoms with van der Waals surface area (Å²) in [5, 5.41) is 8.56. The van der Waals surface area contributed by atoms with Crippen LogP contribution in [0.25, 0.3) is 22.2 Å². The number of hydrogen-bond donors (Lipinski definition) is 1. The Labute approximate surface area is 181 Å². The first kappa shape index (κ1) is 20.6. The highest BCUT2D eigenvalue weighted by molar-refractivity contribution is 5.96. The predicted molar refractivity (Wildman–Crippen MR) is 123 cm³/mol. The molecule has 1 N–H and O–H groups in total. The van der Waals surface area contributed by atoms with Gasteiger partial charge in [0, 0.05) is 18.3 Å². The minimum Gasteiger partial charge on any atom is -0.464 e. The number of carbonyl (C=O) groups is 1. The lowest BCUT2D eigenvalue weighted by molar-refractivity contribution is -0.122. The van der Waals surface area contributed by atoms with E-state index in [-0.39, 0.29) is 5.91 Å². The summed E-state index contributed by atoms with van der Waals surface area (Å²) in [6.07, 6.45) is -0.715. The van der Waals surface area contributed by atoms with Crippen LogP contribution >= 0.6 is 0 Å². The van der Waals surface area contributed by atoms with E-state index in [0.29, 0.717) is 12.4 Å². The summed E-state index contributed by atoms with van der Waals surface area (Å²) >= 11 is 0. The molecule has 1 amide bonds. The van der Waals surface area contributed by atoms with E-state index >= 15 is 0 Å². The Kier molecular flexibility index (Phi) is 5.71. The number of anilines is 1. The van der Waals surface area contributed by atoms with Crippen LogP contribution in [0.4, 0.5) is 5.69 Å². The maximum atomic E-state index is 12.7. The van der Waals surface area contributed by atoms with E-state index in [4.69, 9.17) is 9.72 Å². The molecule has 0 saturated heterocycles. The summed E-state index contributed by atoms with van der Waals surface area (Å²) < 4.78 is 7.87. The van der Waals surface area contributed by atoms with Gasteiger partial charge >= 0.3 is 0 Å². The highest BCUT2D eigenvalue weighted by Crippen LogP contribution is 2.33. The molecular weight excluding hydrogens is 388 g/mol. The molecule has 0 aliphatic heterocycles. The molecular formula is C25H26N4O2. The number of para-hydroxylation sites is 1. The Balaban J connectivity index is 1.69. The van der Waals surface area contributed by atoms with Crippen molar-refractivity contribution in [2.75, 3.05) is 5.32 Å². The highest BCUT2D eigenvalue weighted by atomic mass is 16.5. The third-order valence-corrected chi connectivity index (χ3v) is 5.31. The number of amides is 1. The Bertz CT molecular complexity index is 1230. The fourth-order valence-corrected chi connectivity index (χ4v) is 3.64. The largest absolute Gasteiger partial charge is 0.464 e. The fraction of sp³-hybridized carbons (Fsp3) is 0.240. The molecule has 0 bridgehead atoms. The first-order chi connectivity index (χ1) is 15.0. The van der Waals surface area contributed by atoms with Gasteiger partial charge in [-0.2, -0.15) is 10.1 Å². The number of fused-ring (bicyclic) bond motifs is 1. The van der Waals surface area contributed by atoms with E-state index in [2.05, 4.69) is 22.5 Å². The van der Waals surface area contributed by atoms with Gasteiger partial charge in [-0.25, -0.2) is 4.68 Å². The van der Waals surface area contributed by atoms with Crippen LogP contribution in [-0.2, 0) is 11.3 Å². The summed E-state index contributed by atoms with van der Waals surface area (Å²) in [6, 6.07) is 19.6. The molecule has 4 aromatic rings. The van der Waals surface area contributed by atoms with Gasteiger partial charge in [0.2, 0.25) is 5.88 Å². The van der Waals surface area contributed by atoms with Crippen LogP contribution in [0.15, 0.2) is 60.7 Å². The van der Waals surface area contributed by atoms with Crippen LogP contribution in [0.1, 0.15) is 25.1 Å². The van der Waals surface area contributed by atoms with Crippen LogP contribution < -0.4 is 10.1 Å². The molecule has 1 atom stereocenters. The molecule has 6 heteroatoms. The number of nitrogens with one attached hydrogen (secondary N) is 1. The molecule has 0 radical (unpaired) electrons. The molecule has 0 fully saturated rings. The van der Waals surface area contributed by atoms with Crippen molar-refractivity contribution in [2.45, 2.75) is 40.3 Å². The number of carbonyl (C=O) groups excluding carboxylic acids is 1. The van der Waals surface area contributed by atoms with Gasteiger partial charge < -0.3 is 10.1 Å². The average Bonchev–Trinajstić information content (AvgIpc) is 3.11. The Morgan fingerprint density at radius 3 is 2.52 bits per heavy atom. The van der Waals surface area contributed by atoms with Crippen LogP contribution in [-0.4, -0.2) is 26.8 Å². The number of ether oxygens (including phenoxy) is 1. The molecule has 2 aromatic heterocycles. The van der Waals surface area contributed by atoms with Gasteiger partial charge in [-0.15, -0.1) is 0 Å². The predicted octanol–water partition coefficient (Wildman–Crippen LogP) is 5.14. The van der Waals surface area contributed by atoms with Gasteiger partial charge in [0.05, 0.1) is 11.1 Å². The van der Waals surface area contributed by atoms with Gasteiger partial charge in [-0.1, -0.05) is 48.5 Å². The van der Waals surface area contributed by atoms with E-state index < -0.39 is 6.10 Å². The number of hydrogen-bond acceptors (Lipinski definition) is 4. The molecule has 6 nitrogen and oxygen atoms in total. The van der Waals surface area contributed by atoms with Crippen molar-refractivity contribution in [3.8, 4) is 17.0 Å². The standard InChI is InChI=1S/C25H26N4O2/c1-5-29-24-23(17(3)28-29)20(19-12-7-6-8-13-19)15-22(27-24)31-18(4)25(30)26-21-14-10-9-11-16(21)2/h6-15,18H,5H2,1-4H3,(H,26,30)/t18-/m0/s1. The molecule has 158 valence electrons. The number of rotatable bonds is 6. The van der Waals surface area contributed by atoms with Crippen molar-refractivity contribution in [2.24, 2.45) is 0 Å². The number of pyridine rings is 1. The van der Waals surface area contributed by atoms with Gasteiger partial charge in [0.25, 0.3) is 5.91 Å². The molecule has 0 aliphatic rings. The van der Waals surface area contributed by atoms with Crippen molar-refractivity contribution in [1.29, 1.82) is 0 Å². The smallest absolute Gasteiger partial charge is 0.265 e. The second kappa shape index (κ2) is 8.60. The fourth-order valence-electron chi connectivity index (χ4n) is 3.64. The zero-order chi connectivity index (χ0) is 22.0. The summed E-state index contributed by atoms with van der Waals surface area (Å²) in [7, 11) is 0. The zero-order valence-corrected chi connectivity index (χ0v) is 18.2. The zero-order valence-electron chi connectivity index (χ0n) is 18.2. The minimum atomic E-state index is -0.715. The van der Waals surface area contributed by atoms with Crippen molar-refractivity contribution in [3.05, 3.63) is 71.9 Å². The molecule has 0 unspecified atom stereocenters. The number of aryl methyl sites for hydroxylation is 3. The van der Waals surface area contributed by atoms with Crippen molar-refractivity contribution in [1.82, 2.24) is 14.8 Å². The van der Waals surface area contributed by atoms with E-state index in [1.807, 2.05) is 74.0 Å². The van der Waals surface area contributed by atoms with Crippen LogP contribution in [0.2, 0.25) is 0 Å². The Morgan fingerprint density at radius 2 is 1.81 bits per heavy atom. The van der Waals surface area contributed by atoms with Crippen molar-refractivity contribution < 1.29 is 9.53 Å². The van der Waals surface area contributed by atoms with E-state index in [9.17, 15) is 4.79 Å². The van der Waals surface area contributed by atoms with E-state index in [0.717, 1.165) is 39.1 Å². The van der Waals surface area contributed by atoms with Gasteiger partial charge in [0.1, 0.15) is 0 Å². The quantitative estimate of drug-likeness (QED) is 0.474. The number of nitrogens with zero attached hydrogens (tertiary/aromatic N) is 3. The lowest BCUT2D eigenvalue weighted by Crippen LogP contribution is -2.30. The molecule has 2 heterocycles. The van der Waals surface area contributed by atoms with Crippen LogP contribution in [0.5, 0.6) is 5.88 Å². The van der Waals surface area contributed by atoms with Crippen molar-refractivity contribution >= 4 is 22.6 Å². The van der Waals surface area contributed by atoms with E-state index in [1.54, 1.807) is 6.92 Å². The summed E-state index contributed by atoms with van der Waals surface area (Å²) in [5.74, 6) is 0.172. The van der Waals surface area contributed by atoms with Crippen molar-refractivity contribution in [3.63, 3.8) is 0 Å². The normalized spacial score (nSPS) is 12.0. The molecule has 0 aliphatic carbocycles. The SMILES string of the molecule is CCn1nc(C)c2c(-c3ccccc3)cc(O[C@@H](C)C(=O)Nc3ccccc3C)nc21. The molecule has 0 saturated carbocycles. The lowest BCUT2D eigenvalue weighted by Gasteiger charge is -2.16. The minimum absolute atomic E-state index is 0.224. The monoisotopic (exact) mass is 414 g/mol. The molecule has 2 aromatic carbocycles. The topological polar surface area (TPSA) is 69.0 Å². The van der Waals surface area contributed by atoms with Gasteiger partial charge in [0.15, 0.2) is 11.8 Å². The third-order valence-electron chi connectivity index (χ3n) is 5.31. The average molecular weight is 415 g/mol. The number of benzene rings is 2. The summed E-state index contributed by atoms with van der Waals surface area (Å²) in [5.41, 5.74) is 5.48. The second-order valence-electron chi connectivity index (χ2n) is 7.54. The first-order valence-electron chi connectivity index (χ1n) is 10.4. The maximum Gasteiger partial charge on any atom is 0.265 e. The Morgan fingerprint density at radius 1 is 1.10 bits per heavy atom. The molecule has 0 spiro atoms. The third kappa shape index (κ3) is 4.14. The Hall–Kier alpha value is -3.67. The maximum absolute atomic E-state index is 12.7. The van der Waals surface area contributed by atoms with Crippen LogP contribution in [0.3, 0.4) is 0 Å². The second-order valence-corrected chi connectivity index (χ2v) is 7.54. The lowest BCUT2D eigenvalue weighted by atomic mass is 10.0. The summed E-state index contributed by atoms with van der Waals surface area (Å²) in [6.45, 7) is 8.39. The number of aromatic nitrogens is 3. The molecule has 4 rings (SSSR count). The van der Waals surface area contributed by atoms with Gasteiger partial charge in [-0.05, 0) is 50.5 Å². The molecule has 31 heavy (non-hydrogen) atoms.